The van der Waals surface area contributed by atoms with Gasteiger partial charge in [0.1, 0.15) is 6.04 Å². The molecule has 4 nitrogen and oxygen atoms in total. The first-order chi connectivity index (χ1) is 7.88. The van der Waals surface area contributed by atoms with Gasteiger partial charge in [-0.3, -0.25) is 0 Å². The molecule has 0 saturated carbocycles. The molecule has 0 aliphatic carbocycles. The van der Waals surface area contributed by atoms with Gasteiger partial charge in [-0.2, -0.15) is 0 Å². The minimum Gasteiger partial charge on any atom is -0.399 e. The molecule has 1 atom stereocenters. The first kappa shape index (κ1) is 12.0. The Morgan fingerprint density at radius 2 is 1.94 bits per heavy atom. The van der Waals surface area contributed by atoms with Crippen LogP contribution in [0.5, 0.6) is 0 Å². The van der Waals surface area contributed by atoms with Crippen LogP contribution in [0.2, 0.25) is 0 Å². The number of rotatable bonds is 2. The van der Waals surface area contributed by atoms with Crippen molar-refractivity contribution in [2.75, 3.05) is 50.6 Å². The molecular formula is C13H23N4+. The normalized spacial score (nSPS) is 20.9. The molecule has 1 fully saturated rings. The van der Waals surface area contributed by atoms with Crippen molar-refractivity contribution >= 4 is 17.1 Å². The molecule has 94 valence electrons. The summed E-state index contributed by atoms with van der Waals surface area (Å²) in [7, 11) is 6.74. The molecule has 0 bridgehead atoms. The number of hydrogen-bond acceptors (Lipinski definition) is 3. The van der Waals surface area contributed by atoms with Crippen LogP contribution < -0.4 is 16.4 Å². The van der Waals surface area contributed by atoms with Crippen LogP contribution in [0.1, 0.15) is 6.42 Å². The summed E-state index contributed by atoms with van der Waals surface area (Å²) >= 11 is 0. The fourth-order valence-electron chi connectivity index (χ4n) is 2.43. The molecule has 2 rings (SSSR count). The van der Waals surface area contributed by atoms with Gasteiger partial charge in [-0.05, 0) is 18.2 Å². The fraction of sp³-hybridized carbons (Fsp3) is 0.538. The molecule has 1 aliphatic heterocycles. The quantitative estimate of drug-likeness (QED) is 0.597. The second-order valence-electron chi connectivity index (χ2n) is 5.82. The largest absolute Gasteiger partial charge is 0.399 e. The highest BCUT2D eigenvalue weighted by atomic mass is 15.4. The highest BCUT2D eigenvalue weighted by Gasteiger charge is 2.32. The van der Waals surface area contributed by atoms with Gasteiger partial charge in [0, 0.05) is 18.7 Å². The van der Waals surface area contributed by atoms with E-state index in [4.69, 9.17) is 11.5 Å². The van der Waals surface area contributed by atoms with Gasteiger partial charge in [-0.15, -0.1) is 0 Å². The van der Waals surface area contributed by atoms with Crippen molar-refractivity contribution in [1.82, 2.24) is 0 Å². The number of nitrogens with zero attached hydrogens (tertiary/aromatic N) is 2. The number of hydrogen-bond donors (Lipinski definition) is 2. The molecule has 4 heteroatoms. The summed E-state index contributed by atoms with van der Waals surface area (Å²) in [6.07, 6.45) is 1.21. The van der Waals surface area contributed by atoms with Crippen molar-refractivity contribution in [3.05, 3.63) is 18.2 Å². The molecule has 0 aromatic heterocycles. The predicted octanol–water partition coefficient (Wildman–Crippen LogP) is 1.14. The van der Waals surface area contributed by atoms with Crippen LogP contribution in [0.25, 0.3) is 0 Å². The summed E-state index contributed by atoms with van der Waals surface area (Å²) < 4.78 is 0.999. The second kappa shape index (κ2) is 4.11. The Kier molecular flexibility index (Phi) is 2.91. The number of nitrogens with two attached hydrogens (primary N) is 2. The predicted molar refractivity (Wildman–Crippen MR) is 73.9 cm³/mol. The Bertz CT molecular complexity index is 408. The summed E-state index contributed by atoms with van der Waals surface area (Å²) in [6.45, 7) is 2.12. The van der Waals surface area contributed by atoms with Crippen LogP contribution >= 0.6 is 0 Å². The number of anilines is 3. The minimum absolute atomic E-state index is 0.663. The van der Waals surface area contributed by atoms with Crippen molar-refractivity contribution in [3.8, 4) is 0 Å². The van der Waals surface area contributed by atoms with E-state index in [1.165, 1.54) is 6.42 Å². The zero-order valence-corrected chi connectivity index (χ0v) is 11.0. The van der Waals surface area contributed by atoms with E-state index in [1.54, 1.807) is 0 Å². The molecule has 17 heavy (non-hydrogen) atoms. The van der Waals surface area contributed by atoms with E-state index in [2.05, 4.69) is 26.0 Å². The zero-order chi connectivity index (χ0) is 12.6. The average Bonchev–Trinajstić information content (AvgIpc) is 2.70. The molecule has 0 radical (unpaired) electrons. The maximum atomic E-state index is 6.02. The van der Waals surface area contributed by atoms with E-state index < -0.39 is 0 Å². The molecule has 1 aliphatic rings. The Morgan fingerprint density at radius 1 is 1.24 bits per heavy atom. The summed E-state index contributed by atoms with van der Waals surface area (Å²) in [4.78, 5) is 2.35. The number of likely N-dealkylation sites (N-methyl/N-ethyl adjacent to an activating group) is 1. The Morgan fingerprint density at radius 3 is 2.53 bits per heavy atom. The molecule has 0 amide bonds. The van der Waals surface area contributed by atoms with Crippen LogP contribution in [0.4, 0.5) is 17.1 Å². The molecule has 1 saturated heterocycles. The Labute approximate surface area is 103 Å². The summed E-state index contributed by atoms with van der Waals surface area (Å²) in [5.41, 5.74) is 14.5. The lowest BCUT2D eigenvalue weighted by atomic mass is 10.2. The van der Waals surface area contributed by atoms with E-state index >= 15 is 0 Å². The lowest BCUT2D eigenvalue weighted by molar-refractivity contribution is -0.893. The van der Waals surface area contributed by atoms with E-state index in [0.29, 0.717) is 6.04 Å². The summed E-state index contributed by atoms with van der Waals surface area (Å²) in [6, 6.07) is 6.39. The number of nitrogen functional groups attached to an aromatic ring is 2. The van der Waals surface area contributed by atoms with E-state index in [9.17, 15) is 0 Å². The van der Waals surface area contributed by atoms with Crippen molar-refractivity contribution in [2.45, 2.75) is 12.5 Å². The van der Waals surface area contributed by atoms with Crippen LogP contribution in [0.3, 0.4) is 0 Å². The van der Waals surface area contributed by atoms with E-state index in [1.807, 2.05) is 18.2 Å². The molecule has 0 spiro atoms. The lowest BCUT2D eigenvalue weighted by Crippen LogP contribution is -2.46. The second-order valence-corrected chi connectivity index (χ2v) is 5.82. The topological polar surface area (TPSA) is 55.3 Å². The van der Waals surface area contributed by atoms with Gasteiger partial charge >= 0.3 is 0 Å². The van der Waals surface area contributed by atoms with Crippen molar-refractivity contribution in [3.63, 3.8) is 0 Å². The SMILES string of the molecule is C[N+](C)(C)C1CCN(c2cc(N)ccc2N)C1. The van der Waals surface area contributed by atoms with Crippen LogP contribution in [0, 0.1) is 0 Å². The Balaban J connectivity index is 2.18. The summed E-state index contributed by atoms with van der Waals surface area (Å²) in [5.74, 6) is 0. The van der Waals surface area contributed by atoms with Gasteiger partial charge in [-0.1, -0.05) is 0 Å². The maximum absolute atomic E-state index is 6.02. The summed E-state index contributed by atoms with van der Waals surface area (Å²) in [5, 5.41) is 0. The molecule has 1 aromatic carbocycles. The smallest absolute Gasteiger partial charge is 0.108 e. The highest BCUT2D eigenvalue weighted by Crippen LogP contribution is 2.30. The number of quaternary nitrogens is 1. The van der Waals surface area contributed by atoms with Crippen molar-refractivity contribution in [2.24, 2.45) is 0 Å². The van der Waals surface area contributed by atoms with Gasteiger partial charge in [0.2, 0.25) is 0 Å². The minimum atomic E-state index is 0.663. The van der Waals surface area contributed by atoms with Crippen molar-refractivity contribution in [1.29, 1.82) is 0 Å². The number of benzene rings is 1. The molecular weight excluding hydrogens is 212 g/mol. The fourth-order valence-corrected chi connectivity index (χ4v) is 2.43. The van der Waals surface area contributed by atoms with Gasteiger partial charge in [0.25, 0.3) is 0 Å². The monoisotopic (exact) mass is 235 g/mol. The third-order valence-corrected chi connectivity index (χ3v) is 3.65. The van der Waals surface area contributed by atoms with Gasteiger partial charge in [0.15, 0.2) is 0 Å². The molecule has 4 N–H and O–H groups in total. The maximum Gasteiger partial charge on any atom is 0.108 e. The third kappa shape index (κ3) is 2.47. The van der Waals surface area contributed by atoms with Crippen LogP contribution in [-0.2, 0) is 0 Å². The zero-order valence-electron chi connectivity index (χ0n) is 11.0. The van der Waals surface area contributed by atoms with Crippen LogP contribution in [-0.4, -0.2) is 44.8 Å². The van der Waals surface area contributed by atoms with Crippen molar-refractivity contribution < 1.29 is 4.48 Å². The van der Waals surface area contributed by atoms with Gasteiger partial charge in [-0.25, -0.2) is 0 Å². The first-order valence-corrected chi connectivity index (χ1v) is 6.09. The van der Waals surface area contributed by atoms with E-state index in [-0.39, 0.29) is 0 Å². The molecule has 1 unspecified atom stereocenters. The van der Waals surface area contributed by atoms with Gasteiger partial charge in [0.05, 0.1) is 39.1 Å². The standard InChI is InChI=1S/C13H23N4/c1-17(2,3)11-6-7-16(9-11)13-8-10(14)4-5-12(13)15/h4-5,8,11H,6-7,9,14-15H2,1-3H3/q+1. The van der Waals surface area contributed by atoms with Gasteiger partial charge < -0.3 is 20.9 Å². The van der Waals surface area contributed by atoms with E-state index in [0.717, 1.165) is 34.6 Å². The lowest BCUT2D eigenvalue weighted by Gasteiger charge is -2.31. The molecule has 1 heterocycles. The highest BCUT2D eigenvalue weighted by molar-refractivity contribution is 5.72. The van der Waals surface area contributed by atoms with Crippen LogP contribution in [0.15, 0.2) is 18.2 Å². The molecule has 1 aromatic rings. The third-order valence-electron chi connectivity index (χ3n) is 3.65. The average molecular weight is 235 g/mol. The first-order valence-electron chi connectivity index (χ1n) is 6.09. The Hall–Kier alpha value is -1.42.